The number of nitrogens with zero attached hydrogens (tertiary/aromatic N) is 2. The summed E-state index contributed by atoms with van der Waals surface area (Å²) < 4.78 is 17.9. The van der Waals surface area contributed by atoms with Crippen molar-refractivity contribution >= 4 is 17.3 Å². The van der Waals surface area contributed by atoms with Gasteiger partial charge in [0.25, 0.3) is 0 Å². The molecule has 0 bridgehead atoms. The van der Waals surface area contributed by atoms with Crippen LogP contribution < -0.4 is 9.47 Å². The molecule has 0 aliphatic rings. The van der Waals surface area contributed by atoms with Crippen LogP contribution in [0, 0.1) is 0 Å². The number of aromatic nitrogens is 2. The first-order valence-electron chi connectivity index (χ1n) is 10.2. The third-order valence-electron chi connectivity index (χ3n) is 5.11. The maximum atomic E-state index is 12.6. The minimum atomic E-state index is -0.294. The average Bonchev–Trinajstić information content (AvgIpc) is 3.48. The van der Waals surface area contributed by atoms with Gasteiger partial charge in [0.1, 0.15) is 23.1 Å². The first kappa shape index (κ1) is 21.6. The van der Waals surface area contributed by atoms with Gasteiger partial charge in [0.05, 0.1) is 32.2 Å². The number of rotatable bonds is 8. The molecule has 0 spiro atoms. The van der Waals surface area contributed by atoms with Crippen molar-refractivity contribution < 1.29 is 19.0 Å². The number of ether oxygens (including phenoxy) is 3. The van der Waals surface area contributed by atoms with Gasteiger partial charge < -0.3 is 18.8 Å². The molecule has 0 fully saturated rings. The zero-order valence-corrected chi connectivity index (χ0v) is 19.0. The van der Waals surface area contributed by atoms with Crippen LogP contribution >= 0.6 is 11.3 Å². The van der Waals surface area contributed by atoms with Gasteiger partial charge in [-0.25, -0.2) is 4.98 Å². The molecule has 0 saturated carbocycles. The Balaban J connectivity index is 1.95. The Hall–Kier alpha value is -3.58. The lowest BCUT2D eigenvalue weighted by Gasteiger charge is -2.14. The molecule has 2 aromatic carbocycles. The summed E-state index contributed by atoms with van der Waals surface area (Å²) in [6.45, 7) is 2.22. The number of methoxy groups -OCH3 is 2. The van der Waals surface area contributed by atoms with Crippen LogP contribution in [0.5, 0.6) is 11.5 Å². The molecule has 0 N–H and O–H groups in total. The van der Waals surface area contributed by atoms with Gasteiger partial charge in [-0.15, -0.1) is 11.3 Å². The van der Waals surface area contributed by atoms with Crippen LogP contribution in [0.2, 0.25) is 0 Å². The van der Waals surface area contributed by atoms with E-state index < -0.39 is 0 Å². The number of esters is 1. The topological polar surface area (TPSA) is 62.6 Å². The van der Waals surface area contributed by atoms with E-state index in [1.807, 2.05) is 65.4 Å². The molecule has 4 rings (SSSR count). The molecule has 0 saturated heterocycles. The van der Waals surface area contributed by atoms with E-state index in [0.29, 0.717) is 6.61 Å². The number of hydrogen-bond donors (Lipinski definition) is 0. The lowest BCUT2D eigenvalue weighted by Crippen LogP contribution is -2.15. The second-order valence-corrected chi connectivity index (χ2v) is 7.87. The van der Waals surface area contributed by atoms with Gasteiger partial charge in [0, 0.05) is 17.1 Å². The summed E-state index contributed by atoms with van der Waals surface area (Å²) in [5.41, 5.74) is 4.74. The van der Waals surface area contributed by atoms with Crippen molar-refractivity contribution in [1.82, 2.24) is 9.55 Å². The fourth-order valence-electron chi connectivity index (χ4n) is 3.63. The van der Waals surface area contributed by atoms with Crippen molar-refractivity contribution in [3.05, 3.63) is 66.2 Å². The Morgan fingerprint density at radius 3 is 2.12 bits per heavy atom. The highest BCUT2D eigenvalue weighted by Crippen LogP contribution is 2.40. The minimum Gasteiger partial charge on any atom is -0.497 e. The highest BCUT2D eigenvalue weighted by atomic mass is 32.1. The van der Waals surface area contributed by atoms with Gasteiger partial charge in [-0.1, -0.05) is 12.1 Å². The van der Waals surface area contributed by atoms with Crippen LogP contribution in [-0.4, -0.2) is 36.3 Å². The van der Waals surface area contributed by atoms with Crippen LogP contribution in [0.3, 0.4) is 0 Å². The van der Waals surface area contributed by atoms with E-state index in [4.69, 9.17) is 14.2 Å². The predicted octanol–water partition coefficient (Wildman–Crippen LogP) is 5.53. The SMILES string of the molecule is CCOC(=O)Cn1c(-c2nccs2)cc(-c2ccc(OC)cc2)c1-c1ccc(OC)cc1. The lowest BCUT2D eigenvalue weighted by molar-refractivity contribution is -0.143. The highest BCUT2D eigenvalue weighted by Gasteiger charge is 2.22. The van der Waals surface area contributed by atoms with Crippen molar-refractivity contribution in [3.63, 3.8) is 0 Å². The summed E-state index contributed by atoms with van der Waals surface area (Å²) in [6.07, 6.45) is 1.77. The molecule has 0 unspecified atom stereocenters. The molecule has 164 valence electrons. The third kappa shape index (κ3) is 4.38. The quantitative estimate of drug-likeness (QED) is 0.332. The van der Waals surface area contributed by atoms with Gasteiger partial charge in [-0.3, -0.25) is 4.79 Å². The van der Waals surface area contributed by atoms with E-state index in [9.17, 15) is 4.79 Å². The van der Waals surface area contributed by atoms with Crippen LogP contribution in [0.15, 0.2) is 66.2 Å². The van der Waals surface area contributed by atoms with Crippen LogP contribution in [0.25, 0.3) is 33.1 Å². The van der Waals surface area contributed by atoms with Crippen molar-refractivity contribution in [2.45, 2.75) is 13.5 Å². The van der Waals surface area contributed by atoms with E-state index in [0.717, 1.165) is 44.6 Å². The highest BCUT2D eigenvalue weighted by molar-refractivity contribution is 7.13. The Labute approximate surface area is 191 Å². The smallest absolute Gasteiger partial charge is 0.325 e. The normalized spacial score (nSPS) is 10.7. The van der Waals surface area contributed by atoms with Crippen molar-refractivity contribution in [2.75, 3.05) is 20.8 Å². The first-order valence-corrected chi connectivity index (χ1v) is 11.1. The predicted molar refractivity (Wildman–Crippen MR) is 126 cm³/mol. The second kappa shape index (κ2) is 9.70. The fraction of sp³-hybridized carbons (Fsp3) is 0.200. The molecule has 0 atom stereocenters. The van der Waals surface area contributed by atoms with E-state index in [1.54, 1.807) is 20.4 Å². The average molecular weight is 449 g/mol. The number of carbonyl (C=O) groups excluding carboxylic acids is 1. The van der Waals surface area contributed by atoms with Gasteiger partial charge >= 0.3 is 5.97 Å². The summed E-state index contributed by atoms with van der Waals surface area (Å²) in [5.74, 6) is 1.26. The van der Waals surface area contributed by atoms with Crippen molar-refractivity contribution in [2.24, 2.45) is 0 Å². The van der Waals surface area contributed by atoms with Gasteiger partial charge in [-0.05, 0) is 60.5 Å². The summed E-state index contributed by atoms with van der Waals surface area (Å²) in [7, 11) is 3.29. The molecule has 0 amide bonds. The van der Waals surface area contributed by atoms with Crippen LogP contribution in [0.4, 0.5) is 0 Å². The van der Waals surface area contributed by atoms with Crippen molar-refractivity contribution in [3.8, 4) is 44.6 Å². The molecule has 6 nitrogen and oxygen atoms in total. The molecular formula is C25H24N2O4S. The second-order valence-electron chi connectivity index (χ2n) is 6.98. The Bertz CT molecular complexity index is 1180. The number of benzene rings is 2. The van der Waals surface area contributed by atoms with Gasteiger partial charge in [0.2, 0.25) is 0 Å². The molecule has 4 aromatic rings. The standard InChI is InChI=1S/C25H24N2O4S/c1-4-31-23(28)16-27-22(25-26-13-14-32-25)15-21(17-5-9-19(29-2)10-6-17)24(27)18-7-11-20(30-3)12-8-18/h5-15H,4,16H2,1-3H3. The summed E-state index contributed by atoms with van der Waals surface area (Å²) in [5, 5.41) is 2.76. The fourth-order valence-corrected chi connectivity index (χ4v) is 4.29. The molecule has 7 heteroatoms. The van der Waals surface area contributed by atoms with Crippen molar-refractivity contribution in [1.29, 1.82) is 0 Å². The zero-order valence-electron chi connectivity index (χ0n) is 18.2. The first-order chi connectivity index (χ1) is 15.6. The molecule has 32 heavy (non-hydrogen) atoms. The molecule has 0 aliphatic heterocycles. The zero-order chi connectivity index (χ0) is 22.5. The maximum Gasteiger partial charge on any atom is 0.325 e. The maximum absolute atomic E-state index is 12.6. The molecule has 2 aromatic heterocycles. The Morgan fingerprint density at radius 2 is 1.59 bits per heavy atom. The van der Waals surface area contributed by atoms with Crippen LogP contribution in [0.1, 0.15) is 6.92 Å². The van der Waals surface area contributed by atoms with Gasteiger partial charge in [0.15, 0.2) is 0 Å². The summed E-state index contributed by atoms with van der Waals surface area (Å²) in [4.78, 5) is 17.1. The van der Waals surface area contributed by atoms with Gasteiger partial charge in [-0.2, -0.15) is 0 Å². The lowest BCUT2D eigenvalue weighted by atomic mass is 10.0. The third-order valence-corrected chi connectivity index (χ3v) is 5.90. The summed E-state index contributed by atoms with van der Waals surface area (Å²) in [6, 6.07) is 17.8. The minimum absolute atomic E-state index is 0.0836. The Morgan fingerprint density at radius 1 is 0.969 bits per heavy atom. The molecule has 2 heterocycles. The van der Waals surface area contributed by atoms with E-state index >= 15 is 0 Å². The number of hydrogen-bond acceptors (Lipinski definition) is 6. The number of carbonyl (C=O) groups is 1. The van der Waals surface area contributed by atoms with Crippen LogP contribution in [-0.2, 0) is 16.1 Å². The monoisotopic (exact) mass is 448 g/mol. The largest absolute Gasteiger partial charge is 0.497 e. The molecule has 0 aliphatic carbocycles. The number of thiazole rings is 1. The Kier molecular flexibility index (Phi) is 6.56. The van der Waals surface area contributed by atoms with E-state index in [-0.39, 0.29) is 12.5 Å². The molecule has 0 radical (unpaired) electrons. The summed E-state index contributed by atoms with van der Waals surface area (Å²) >= 11 is 1.53. The van der Waals surface area contributed by atoms with E-state index in [1.165, 1.54) is 11.3 Å². The van der Waals surface area contributed by atoms with E-state index in [2.05, 4.69) is 11.1 Å². The molecular weight excluding hydrogens is 424 g/mol.